The summed E-state index contributed by atoms with van der Waals surface area (Å²) < 4.78 is 4.63. The smallest absolute Gasteiger partial charge is 0.340 e. The van der Waals surface area contributed by atoms with Gasteiger partial charge in [0.1, 0.15) is 5.82 Å². The van der Waals surface area contributed by atoms with Crippen LogP contribution in [0.4, 0.5) is 11.5 Å². The van der Waals surface area contributed by atoms with E-state index in [0.717, 1.165) is 12.8 Å². The maximum Gasteiger partial charge on any atom is 0.340 e. The molecule has 1 fully saturated rings. The highest BCUT2D eigenvalue weighted by Gasteiger charge is 2.28. The minimum Gasteiger partial charge on any atom is -0.465 e. The van der Waals surface area contributed by atoms with Crippen molar-refractivity contribution < 1.29 is 14.3 Å². The molecule has 0 spiro atoms. The van der Waals surface area contributed by atoms with Gasteiger partial charge < -0.3 is 21.1 Å². The van der Waals surface area contributed by atoms with Crippen LogP contribution in [-0.2, 0) is 9.53 Å². The molecule has 2 rings (SSSR count). The number of nitrogens with zero attached hydrogens (tertiary/aromatic N) is 1. The molecular formula is C13H18N4O3. The van der Waals surface area contributed by atoms with E-state index in [0.29, 0.717) is 18.9 Å². The lowest BCUT2D eigenvalue weighted by molar-refractivity contribution is -0.122. The van der Waals surface area contributed by atoms with Crippen molar-refractivity contribution in [1.29, 1.82) is 0 Å². The number of nitrogens with two attached hydrogens (primary N) is 1. The molecule has 7 heteroatoms. The molecule has 1 aromatic rings. The fraction of sp³-hybridized carbons (Fsp3) is 0.462. The van der Waals surface area contributed by atoms with Crippen molar-refractivity contribution in [2.75, 3.05) is 31.2 Å². The molecule has 0 atom stereocenters. The van der Waals surface area contributed by atoms with Crippen LogP contribution in [0.1, 0.15) is 23.2 Å². The Kier molecular flexibility index (Phi) is 4.39. The average molecular weight is 278 g/mol. The maximum atomic E-state index is 11.5. The zero-order valence-electron chi connectivity index (χ0n) is 11.3. The van der Waals surface area contributed by atoms with E-state index >= 15 is 0 Å². The number of aromatic nitrogens is 1. The Morgan fingerprint density at radius 2 is 2.20 bits per heavy atom. The van der Waals surface area contributed by atoms with Gasteiger partial charge in [0, 0.05) is 25.2 Å². The van der Waals surface area contributed by atoms with Crippen LogP contribution in [0.3, 0.4) is 0 Å². The molecule has 108 valence electrons. The van der Waals surface area contributed by atoms with E-state index in [1.165, 1.54) is 19.4 Å². The Bertz CT molecular complexity index is 514. The summed E-state index contributed by atoms with van der Waals surface area (Å²) in [7, 11) is 1.29. The summed E-state index contributed by atoms with van der Waals surface area (Å²) in [5.41, 5.74) is 6.36. The molecule has 0 bridgehead atoms. The fourth-order valence-corrected chi connectivity index (χ4v) is 1.76. The molecule has 0 aliphatic heterocycles. The zero-order chi connectivity index (χ0) is 14.5. The van der Waals surface area contributed by atoms with Gasteiger partial charge in [-0.3, -0.25) is 4.79 Å². The average Bonchev–Trinajstić information content (AvgIpc) is 3.28. The lowest BCUT2D eigenvalue weighted by atomic mass is 10.2. The van der Waals surface area contributed by atoms with Crippen LogP contribution in [0, 0.1) is 5.92 Å². The van der Waals surface area contributed by atoms with E-state index in [1.807, 2.05) is 0 Å². The second-order valence-corrected chi connectivity index (χ2v) is 4.60. The molecule has 0 aromatic carbocycles. The molecule has 0 saturated heterocycles. The van der Waals surface area contributed by atoms with Crippen molar-refractivity contribution >= 4 is 23.4 Å². The lowest BCUT2D eigenvalue weighted by Gasteiger charge is -2.11. The Labute approximate surface area is 116 Å². The Hall–Kier alpha value is -2.31. The molecule has 1 aliphatic rings. The molecule has 1 aromatic heterocycles. The first-order valence-electron chi connectivity index (χ1n) is 6.48. The first-order chi connectivity index (χ1) is 9.63. The van der Waals surface area contributed by atoms with Gasteiger partial charge >= 0.3 is 5.97 Å². The summed E-state index contributed by atoms with van der Waals surface area (Å²) in [4.78, 5) is 27.0. The highest BCUT2D eigenvalue weighted by Crippen LogP contribution is 2.28. The van der Waals surface area contributed by atoms with E-state index in [4.69, 9.17) is 5.73 Å². The lowest BCUT2D eigenvalue weighted by Crippen LogP contribution is -2.30. The Balaban J connectivity index is 1.85. The summed E-state index contributed by atoms with van der Waals surface area (Å²) in [6, 6.07) is 1.50. The van der Waals surface area contributed by atoms with E-state index in [2.05, 4.69) is 20.4 Å². The van der Waals surface area contributed by atoms with Crippen LogP contribution in [0.5, 0.6) is 0 Å². The number of carbonyl (C=O) groups excluding carboxylic acids is 2. The number of anilines is 2. The molecule has 1 heterocycles. The minimum absolute atomic E-state index is 0.0936. The largest absolute Gasteiger partial charge is 0.465 e. The predicted molar refractivity (Wildman–Crippen MR) is 74.2 cm³/mol. The molecule has 0 radical (unpaired) electrons. The van der Waals surface area contributed by atoms with Crippen LogP contribution in [0.15, 0.2) is 12.3 Å². The normalized spacial score (nSPS) is 13.7. The molecule has 0 unspecified atom stereocenters. The third-order valence-corrected chi connectivity index (χ3v) is 3.06. The summed E-state index contributed by atoms with van der Waals surface area (Å²) in [6.07, 6.45) is 3.44. The van der Waals surface area contributed by atoms with Crippen LogP contribution in [0.2, 0.25) is 0 Å². The summed E-state index contributed by atoms with van der Waals surface area (Å²) in [6.45, 7) is 0.971. The summed E-state index contributed by atoms with van der Waals surface area (Å²) in [5, 5.41) is 5.81. The van der Waals surface area contributed by atoms with Gasteiger partial charge in [-0.2, -0.15) is 0 Å². The van der Waals surface area contributed by atoms with Crippen molar-refractivity contribution in [3.63, 3.8) is 0 Å². The molecular weight excluding hydrogens is 260 g/mol. The van der Waals surface area contributed by atoms with Gasteiger partial charge in [-0.05, 0) is 18.9 Å². The van der Waals surface area contributed by atoms with Crippen LogP contribution >= 0.6 is 0 Å². The standard InChI is InChI=1S/C13H18N4O3/c1-20-13(19)9-4-5-15-11(10(9)14)16-6-7-17-12(18)8-2-3-8/h4-5,8H,2-3,6-7,14H2,1H3,(H,15,16)(H,17,18). The van der Waals surface area contributed by atoms with Crippen molar-refractivity contribution in [3.05, 3.63) is 17.8 Å². The molecule has 4 N–H and O–H groups in total. The Morgan fingerprint density at radius 3 is 2.85 bits per heavy atom. The molecule has 20 heavy (non-hydrogen) atoms. The number of hydrogen-bond donors (Lipinski definition) is 3. The van der Waals surface area contributed by atoms with Crippen molar-refractivity contribution in [2.45, 2.75) is 12.8 Å². The van der Waals surface area contributed by atoms with Gasteiger partial charge in [0.2, 0.25) is 5.91 Å². The monoisotopic (exact) mass is 278 g/mol. The third kappa shape index (κ3) is 3.37. The quantitative estimate of drug-likeness (QED) is 0.513. The van der Waals surface area contributed by atoms with Crippen LogP contribution < -0.4 is 16.4 Å². The number of esters is 1. The number of carbonyl (C=O) groups is 2. The fourth-order valence-electron chi connectivity index (χ4n) is 1.76. The van der Waals surface area contributed by atoms with Gasteiger partial charge in [0.15, 0.2) is 0 Å². The van der Waals surface area contributed by atoms with E-state index in [1.54, 1.807) is 0 Å². The zero-order valence-corrected chi connectivity index (χ0v) is 11.3. The van der Waals surface area contributed by atoms with E-state index < -0.39 is 5.97 Å². The summed E-state index contributed by atoms with van der Waals surface area (Å²) in [5.74, 6) is 0.195. The van der Waals surface area contributed by atoms with Gasteiger partial charge in [-0.25, -0.2) is 9.78 Å². The molecule has 1 amide bonds. The first kappa shape index (κ1) is 14.1. The third-order valence-electron chi connectivity index (χ3n) is 3.06. The van der Waals surface area contributed by atoms with Gasteiger partial charge in [0.25, 0.3) is 0 Å². The molecule has 1 saturated carbocycles. The SMILES string of the molecule is COC(=O)c1ccnc(NCCNC(=O)C2CC2)c1N. The van der Waals surface area contributed by atoms with Crippen LogP contribution in [-0.4, -0.2) is 37.1 Å². The maximum absolute atomic E-state index is 11.5. The van der Waals surface area contributed by atoms with Crippen molar-refractivity contribution in [2.24, 2.45) is 5.92 Å². The topological polar surface area (TPSA) is 106 Å². The highest BCUT2D eigenvalue weighted by molar-refractivity contribution is 5.97. The summed E-state index contributed by atoms with van der Waals surface area (Å²) >= 11 is 0. The number of pyridine rings is 1. The van der Waals surface area contributed by atoms with E-state index in [9.17, 15) is 9.59 Å². The number of ether oxygens (including phenoxy) is 1. The molecule has 1 aliphatic carbocycles. The second-order valence-electron chi connectivity index (χ2n) is 4.60. The number of amides is 1. The number of methoxy groups -OCH3 is 1. The van der Waals surface area contributed by atoms with E-state index in [-0.39, 0.29) is 23.1 Å². The predicted octanol–water partition coefficient (Wildman–Crippen LogP) is 0.388. The minimum atomic E-state index is -0.505. The second kappa shape index (κ2) is 6.23. The Morgan fingerprint density at radius 1 is 1.45 bits per heavy atom. The van der Waals surface area contributed by atoms with Crippen molar-refractivity contribution in [3.8, 4) is 0 Å². The number of hydrogen-bond acceptors (Lipinski definition) is 6. The first-order valence-corrected chi connectivity index (χ1v) is 6.48. The number of nitrogen functional groups attached to an aromatic ring is 1. The van der Waals surface area contributed by atoms with Gasteiger partial charge in [0.05, 0.1) is 18.4 Å². The van der Waals surface area contributed by atoms with Crippen molar-refractivity contribution in [1.82, 2.24) is 10.3 Å². The molecule has 7 nitrogen and oxygen atoms in total. The van der Waals surface area contributed by atoms with Crippen LogP contribution in [0.25, 0.3) is 0 Å². The highest BCUT2D eigenvalue weighted by atomic mass is 16.5. The van der Waals surface area contributed by atoms with Gasteiger partial charge in [-0.15, -0.1) is 0 Å². The number of nitrogens with one attached hydrogen (secondary N) is 2. The van der Waals surface area contributed by atoms with Gasteiger partial charge in [-0.1, -0.05) is 0 Å². The number of rotatable bonds is 6.